The molecule has 3 aliphatic rings. The Morgan fingerprint density at radius 1 is 1.10 bits per heavy atom. The van der Waals surface area contributed by atoms with Crippen LogP contribution in [0.1, 0.15) is 43.4 Å². The first-order chi connectivity index (χ1) is 14.7. The third-order valence-electron chi connectivity index (χ3n) is 6.66. The van der Waals surface area contributed by atoms with Crippen LogP contribution in [0.5, 0.6) is 0 Å². The first-order valence-corrected chi connectivity index (χ1v) is 10.7. The van der Waals surface area contributed by atoms with E-state index in [1.54, 1.807) is 0 Å². The summed E-state index contributed by atoms with van der Waals surface area (Å²) in [4.78, 5) is 19.2. The highest BCUT2D eigenvalue weighted by atomic mass is 15.4. The molecule has 0 N–H and O–H groups in total. The van der Waals surface area contributed by atoms with Crippen molar-refractivity contribution in [1.82, 2.24) is 24.7 Å². The zero-order valence-electron chi connectivity index (χ0n) is 17.3. The quantitative estimate of drug-likeness (QED) is 0.673. The molecule has 0 aliphatic carbocycles. The molecule has 0 unspecified atom stereocenters. The van der Waals surface area contributed by atoms with Gasteiger partial charge in [0.25, 0.3) is 0 Å². The Balaban J connectivity index is 1.49. The van der Waals surface area contributed by atoms with Gasteiger partial charge in [-0.25, -0.2) is 4.98 Å². The fourth-order valence-electron chi connectivity index (χ4n) is 5.22. The molecule has 1 saturated heterocycles. The third-order valence-corrected chi connectivity index (χ3v) is 6.66. The van der Waals surface area contributed by atoms with Crippen LogP contribution in [0, 0.1) is 6.92 Å². The van der Waals surface area contributed by atoms with Crippen LogP contribution in [0.25, 0.3) is 5.69 Å². The Bertz CT molecular complexity index is 1150. The number of aromatic nitrogens is 5. The summed E-state index contributed by atoms with van der Waals surface area (Å²) in [6.07, 6.45) is 5.10. The number of amidine groups is 1. The van der Waals surface area contributed by atoms with Gasteiger partial charge in [0.05, 0.1) is 12.7 Å². The summed E-state index contributed by atoms with van der Waals surface area (Å²) in [5.74, 6) is 4.54. The van der Waals surface area contributed by atoms with Gasteiger partial charge in [-0.2, -0.15) is 4.98 Å². The number of nitrogens with zero attached hydrogens (tertiary/aromatic N) is 8. The van der Waals surface area contributed by atoms with Crippen LogP contribution >= 0.6 is 0 Å². The minimum absolute atomic E-state index is 0.138. The van der Waals surface area contributed by atoms with E-state index in [1.807, 2.05) is 31.3 Å². The molecule has 0 saturated carbocycles. The molecule has 3 aromatic rings. The van der Waals surface area contributed by atoms with Gasteiger partial charge in [-0.1, -0.05) is 37.3 Å². The van der Waals surface area contributed by atoms with Crippen molar-refractivity contribution >= 4 is 17.6 Å². The molecule has 8 nitrogen and oxygen atoms in total. The number of anilines is 2. The second-order valence-corrected chi connectivity index (χ2v) is 8.15. The fourth-order valence-corrected chi connectivity index (χ4v) is 5.22. The van der Waals surface area contributed by atoms with Crippen LogP contribution in [-0.2, 0) is 5.54 Å². The maximum atomic E-state index is 5.11. The van der Waals surface area contributed by atoms with Crippen molar-refractivity contribution in [1.29, 1.82) is 0 Å². The maximum absolute atomic E-state index is 5.11. The van der Waals surface area contributed by atoms with Crippen LogP contribution in [-0.4, -0.2) is 50.2 Å². The first-order valence-electron chi connectivity index (χ1n) is 10.7. The summed E-state index contributed by atoms with van der Waals surface area (Å²) in [6, 6.07) is 10.3. The molecule has 0 amide bonds. The molecule has 5 heterocycles. The Morgan fingerprint density at radius 2 is 1.97 bits per heavy atom. The number of rotatable bonds is 3. The zero-order valence-corrected chi connectivity index (χ0v) is 17.3. The van der Waals surface area contributed by atoms with Crippen molar-refractivity contribution in [2.75, 3.05) is 29.4 Å². The Kier molecular flexibility index (Phi) is 3.72. The number of fused-ring (bicyclic) bond motifs is 6. The van der Waals surface area contributed by atoms with Crippen LogP contribution in [0.15, 0.2) is 41.5 Å². The minimum atomic E-state index is -0.138. The van der Waals surface area contributed by atoms with Gasteiger partial charge in [-0.05, 0) is 26.2 Å². The Morgan fingerprint density at radius 3 is 2.80 bits per heavy atom. The maximum Gasteiger partial charge on any atom is 0.233 e. The first kappa shape index (κ1) is 17.6. The lowest BCUT2D eigenvalue weighted by atomic mass is 9.90. The van der Waals surface area contributed by atoms with Crippen LogP contribution in [0.4, 0.5) is 11.8 Å². The lowest BCUT2D eigenvalue weighted by Crippen LogP contribution is -2.47. The summed E-state index contributed by atoms with van der Waals surface area (Å²) in [7, 11) is 0. The van der Waals surface area contributed by atoms with Gasteiger partial charge in [-0.15, -0.1) is 10.2 Å². The van der Waals surface area contributed by atoms with Crippen LogP contribution in [0.3, 0.4) is 0 Å². The van der Waals surface area contributed by atoms with Crippen molar-refractivity contribution in [3.8, 4) is 5.69 Å². The predicted octanol–water partition coefficient (Wildman–Crippen LogP) is 2.85. The van der Waals surface area contributed by atoms with Crippen LogP contribution in [0.2, 0.25) is 0 Å². The fraction of sp³-hybridized carbons (Fsp3) is 0.409. The van der Waals surface area contributed by atoms with E-state index in [1.165, 1.54) is 0 Å². The zero-order chi connectivity index (χ0) is 20.3. The number of aliphatic imine (C=N–C) groups is 1. The summed E-state index contributed by atoms with van der Waals surface area (Å²) in [5, 5.41) is 8.98. The van der Waals surface area contributed by atoms with Crippen molar-refractivity contribution in [2.45, 2.75) is 38.6 Å². The summed E-state index contributed by atoms with van der Waals surface area (Å²) in [5.41, 5.74) is 1.93. The van der Waals surface area contributed by atoms with Gasteiger partial charge in [0.1, 0.15) is 22.9 Å². The van der Waals surface area contributed by atoms with Crippen molar-refractivity contribution < 1.29 is 0 Å². The topological polar surface area (TPSA) is 75.3 Å². The lowest BCUT2D eigenvalue weighted by Gasteiger charge is -2.42. The standard InChI is InChI=1S/C22H24N8/c1-3-22-10-7-12-29(22)19-17(30-15(2)26-27-20(22)30)14-24-21(25-19)28-13-11-23-18(28)16-8-5-4-6-9-16/h4-6,8-9,14H,3,7,10-13H2,1-2H3/t22-/m0/s1. The molecule has 1 aromatic carbocycles. The summed E-state index contributed by atoms with van der Waals surface area (Å²) < 4.78 is 2.15. The number of aryl methyl sites for hydroxylation is 1. The average molecular weight is 400 g/mol. The van der Waals surface area contributed by atoms with E-state index >= 15 is 0 Å². The van der Waals surface area contributed by atoms with E-state index in [0.29, 0.717) is 5.95 Å². The number of hydrogen-bond donors (Lipinski definition) is 0. The highest BCUT2D eigenvalue weighted by Crippen LogP contribution is 2.49. The predicted molar refractivity (Wildman–Crippen MR) is 115 cm³/mol. The third kappa shape index (κ3) is 2.24. The van der Waals surface area contributed by atoms with E-state index in [2.05, 4.69) is 43.6 Å². The SMILES string of the molecule is CC[C@@]12CCCN1c1nc(N3CCN=C3c3ccccc3)ncc1-n1c(C)nnc12. The van der Waals surface area contributed by atoms with Gasteiger partial charge in [0, 0.05) is 18.7 Å². The molecule has 8 heteroatoms. The van der Waals surface area contributed by atoms with Gasteiger partial charge < -0.3 is 4.90 Å². The highest BCUT2D eigenvalue weighted by molar-refractivity contribution is 6.10. The lowest BCUT2D eigenvalue weighted by molar-refractivity contribution is 0.381. The van der Waals surface area contributed by atoms with E-state index in [9.17, 15) is 0 Å². The molecule has 0 bridgehead atoms. The van der Waals surface area contributed by atoms with E-state index < -0.39 is 0 Å². The molecule has 1 atom stereocenters. The number of hydrogen-bond acceptors (Lipinski definition) is 7. The average Bonchev–Trinajstić information content (AvgIpc) is 3.52. The number of benzene rings is 1. The largest absolute Gasteiger partial charge is 0.342 e. The molecule has 0 radical (unpaired) electrons. The Labute approximate surface area is 175 Å². The van der Waals surface area contributed by atoms with Crippen molar-refractivity contribution in [2.24, 2.45) is 4.99 Å². The summed E-state index contributed by atoms with van der Waals surface area (Å²) in [6.45, 7) is 6.76. The van der Waals surface area contributed by atoms with Crippen molar-refractivity contribution in [3.63, 3.8) is 0 Å². The smallest absolute Gasteiger partial charge is 0.233 e. The molecule has 2 aromatic heterocycles. The minimum Gasteiger partial charge on any atom is -0.342 e. The molecule has 30 heavy (non-hydrogen) atoms. The molecular formula is C22H24N8. The molecule has 3 aliphatic heterocycles. The normalized spacial score (nSPS) is 22.0. The molecule has 6 rings (SSSR count). The van der Waals surface area contributed by atoms with E-state index in [-0.39, 0.29) is 5.54 Å². The molecule has 152 valence electrons. The molecule has 1 fully saturated rings. The van der Waals surface area contributed by atoms with Gasteiger partial charge in [0.2, 0.25) is 5.95 Å². The summed E-state index contributed by atoms with van der Waals surface area (Å²) >= 11 is 0. The van der Waals surface area contributed by atoms with Gasteiger partial charge >= 0.3 is 0 Å². The molecule has 0 spiro atoms. The molecular weight excluding hydrogens is 376 g/mol. The van der Waals surface area contributed by atoms with Crippen molar-refractivity contribution in [3.05, 3.63) is 53.7 Å². The monoisotopic (exact) mass is 400 g/mol. The second-order valence-electron chi connectivity index (χ2n) is 8.15. The Hall–Kier alpha value is -3.29. The van der Waals surface area contributed by atoms with Crippen LogP contribution < -0.4 is 9.80 Å². The van der Waals surface area contributed by atoms with Gasteiger partial charge in [0.15, 0.2) is 11.6 Å². The van der Waals surface area contributed by atoms with E-state index in [0.717, 1.165) is 73.4 Å². The van der Waals surface area contributed by atoms with Gasteiger partial charge in [-0.3, -0.25) is 14.5 Å². The van der Waals surface area contributed by atoms with E-state index in [4.69, 9.17) is 15.0 Å². The highest BCUT2D eigenvalue weighted by Gasteiger charge is 2.50. The second kappa shape index (κ2) is 6.35.